The van der Waals surface area contributed by atoms with Crippen LogP contribution in [0.15, 0.2) is 0 Å². The smallest absolute Gasteiger partial charge is 0.123 e. The van der Waals surface area contributed by atoms with Crippen LogP contribution < -0.4 is 5.32 Å². The Kier molecular flexibility index (Phi) is 3.10. The summed E-state index contributed by atoms with van der Waals surface area (Å²) in [4.78, 5) is 4.60. The average Bonchev–Trinajstić information content (AvgIpc) is 2.97. The van der Waals surface area contributed by atoms with Crippen LogP contribution in [0.25, 0.3) is 0 Å². The van der Waals surface area contributed by atoms with Gasteiger partial charge in [-0.3, -0.25) is 0 Å². The maximum atomic E-state index is 4.60. The Hall–Kier alpha value is -0.830. The molecule has 0 aromatic carbocycles. The Labute approximate surface area is 91.9 Å². The van der Waals surface area contributed by atoms with Crippen molar-refractivity contribution in [2.24, 2.45) is 5.92 Å². The Morgan fingerprint density at radius 2 is 2.13 bits per heavy atom. The maximum absolute atomic E-state index is 4.60. The fourth-order valence-corrected chi connectivity index (χ4v) is 1.99. The van der Waals surface area contributed by atoms with Crippen molar-refractivity contribution < 1.29 is 0 Å². The number of imidazole rings is 1. The molecule has 3 heteroatoms. The first-order valence-electron chi connectivity index (χ1n) is 5.95. The van der Waals surface area contributed by atoms with Gasteiger partial charge < -0.3 is 9.88 Å². The first-order valence-corrected chi connectivity index (χ1v) is 5.95. The van der Waals surface area contributed by atoms with Crippen LogP contribution >= 0.6 is 0 Å². The van der Waals surface area contributed by atoms with Gasteiger partial charge >= 0.3 is 0 Å². The highest BCUT2D eigenvalue weighted by Crippen LogP contribution is 2.27. The number of aromatic nitrogens is 2. The van der Waals surface area contributed by atoms with Gasteiger partial charge in [-0.15, -0.1) is 0 Å². The Bertz CT molecular complexity index is 337. The summed E-state index contributed by atoms with van der Waals surface area (Å²) in [6.45, 7) is 9.52. The Morgan fingerprint density at radius 3 is 2.73 bits per heavy atom. The van der Waals surface area contributed by atoms with Crippen LogP contribution in [0.4, 0.5) is 0 Å². The number of nitrogens with one attached hydrogen (secondary N) is 1. The largest absolute Gasteiger partial charge is 0.331 e. The minimum Gasteiger partial charge on any atom is -0.331 e. The zero-order chi connectivity index (χ0) is 10.8. The zero-order valence-corrected chi connectivity index (χ0v) is 10.0. The molecule has 0 bridgehead atoms. The topological polar surface area (TPSA) is 29.9 Å². The molecule has 1 saturated carbocycles. The molecule has 15 heavy (non-hydrogen) atoms. The summed E-state index contributed by atoms with van der Waals surface area (Å²) in [5.41, 5.74) is 2.47. The van der Waals surface area contributed by atoms with Crippen LogP contribution in [0.3, 0.4) is 0 Å². The fourth-order valence-electron chi connectivity index (χ4n) is 1.99. The molecule has 0 unspecified atom stereocenters. The molecule has 0 saturated heterocycles. The molecule has 1 aliphatic carbocycles. The molecule has 0 radical (unpaired) electrons. The number of nitrogens with zero attached hydrogens (tertiary/aromatic N) is 2. The summed E-state index contributed by atoms with van der Waals surface area (Å²) in [6.07, 6.45) is 2.82. The Morgan fingerprint density at radius 1 is 1.40 bits per heavy atom. The first-order chi connectivity index (χ1) is 7.22. The van der Waals surface area contributed by atoms with E-state index in [-0.39, 0.29) is 0 Å². The van der Waals surface area contributed by atoms with Gasteiger partial charge in [-0.25, -0.2) is 4.98 Å². The van der Waals surface area contributed by atoms with Gasteiger partial charge in [0, 0.05) is 12.2 Å². The van der Waals surface area contributed by atoms with Crippen LogP contribution in [-0.4, -0.2) is 16.1 Å². The number of hydrogen-bond donors (Lipinski definition) is 1. The van der Waals surface area contributed by atoms with Gasteiger partial charge in [0.1, 0.15) is 5.82 Å². The molecule has 0 spiro atoms. The van der Waals surface area contributed by atoms with E-state index >= 15 is 0 Å². The summed E-state index contributed by atoms with van der Waals surface area (Å²) in [7, 11) is 0. The molecule has 84 valence electrons. The van der Waals surface area contributed by atoms with Crippen molar-refractivity contribution in [2.45, 2.75) is 46.7 Å². The second-order valence-corrected chi connectivity index (χ2v) is 4.52. The molecule has 0 aliphatic heterocycles. The summed E-state index contributed by atoms with van der Waals surface area (Å²) in [5.74, 6) is 2.13. The number of rotatable bonds is 5. The highest BCUT2D eigenvalue weighted by Gasteiger charge is 2.20. The minimum absolute atomic E-state index is 0.916. The molecule has 3 nitrogen and oxygen atoms in total. The van der Waals surface area contributed by atoms with Crippen molar-refractivity contribution in [1.29, 1.82) is 0 Å². The third kappa shape index (κ3) is 2.40. The molecule has 1 aromatic rings. The third-order valence-electron chi connectivity index (χ3n) is 3.27. The number of aryl methyl sites for hydroxylation is 1. The molecule has 0 amide bonds. The second-order valence-electron chi connectivity index (χ2n) is 4.52. The van der Waals surface area contributed by atoms with Gasteiger partial charge in [-0.1, -0.05) is 0 Å². The van der Waals surface area contributed by atoms with E-state index in [0.717, 1.165) is 25.6 Å². The third-order valence-corrected chi connectivity index (χ3v) is 3.27. The summed E-state index contributed by atoms with van der Waals surface area (Å²) in [6, 6.07) is 0. The van der Waals surface area contributed by atoms with E-state index in [1.165, 1.54) is 30.1 Å². The van der Waals surface area contributed by atoms with Crippen molar-refractivity contribution in [3.8, 4) is 0 Å². The van der Waals surface area contributed by atoms with Gasteiger partial charge in [0.2, 0.25) is 0 Å². The molecule has 1 fully saturated rings. The van der Waals surface area contributed by atoms with Crippen molar-refractivity contribution in [1.82, 2.24) is 14.9 Å². The lowest BCUT2D eigenvalue weighted by atomic mass is 10.4. The second kappa shape index (κ2) is 4.35. The van der Waals surface area contributed by atoms with Gasteiger partial charge in [0.05, 0.1) is 12.2 Å². The van der Waals surface area contributed by atoms with Crippen LogP contribution in [0, 0.1) is 19.8 Å². The molecule has 0 atom stereocenters. The van der Waals surface area contributed by atoms with E-state index < -0.39 is 0 Å². The standard InChI is InChI=1S/C12H21N3/c1-4-15-10(3)9(2)14-12(15)8-13-7-11-5-6-11/h11,13H,4-8H2,1-3H3. The highest BCUT2D eigenvalue weighted by molar-refractivity contribution is 5.14. The van der Waals surface area contributed by atoms with Crippen LogP contribution in [-0.2, 0) is 13.1 Å². The van der Waals surface area contributed by atoms with E-state index in [1.807, 2.05) is 0 Å². The molecule has 1 heterocycles. The summed E-state index contributed by atoms with van der Waals surface area (Å²) < 4.78 is 2.30. The lowest BCUT2D eigenvalue weighted by molar-refractivity contribution is 0.584. The van der Waals surface area contributed by atoms with Crippen molar-refractivity contribution in [2.75, 3.05) is 6.54 Å². The van der Waals surface area contributed by atoms with E-state index in [1.54, 1.807) is 0 Å². The van der Waals surface area contributed by atoms with E-state index in [2.05, 4.69) is 35.6 Å². The quantitative estimate of drug-likeness (QED) is 0.800. The minimum atomic E-state index is 0.916. The fraction of sp³-hybridized carbons (Fsp3) is 0.750. The Balaban J connectivity index is 1.96. The number of hydrogen-bond acceptors (Lipinski definition) is 2. The molecule has 2 rings (SSSR count). The van der Waals surface area contributed by atoms with Gasteiger partial charge in [0.25, 0.3) is 0 Å². The maximum Gasteiger partial charge on any atom is 0.123 e. The zero-order valence-electron chi connectivity index (χ0n) is 10.0. The van der Waals surface area contributed by atoms with Crippen LogP contribution in [0.1, 0.15) is 37.0 Å². The van der Waals surface area contributed by atoms with Gasteiger partial charge in [-0.2, -0.15) is 0 Å². The van der Waals surface area contributed by atoms with E-state index in [0.29, 0.717) is 0 Å². The van der Waals surface area contributed by atoms with Crippen molar-refractivity contribution in [3.63, 3.8) is 0 Å². The summed E-state index contributed by atoms with van der Waals surface area (Å²) in [5, 5.41) is 3.50. The van der Waals surface area contributed by atoms with Gasteiger partial charge in [0.15, 0.2) is 0 Å². The normalized spacial score (nSPS) is 15.9. The lowest BCUT2D eigenvalue weighted by Crippen LogP contribution is -2.19. The predicted molar refractivity (Wildman–Crippen MR) is 61.8 cm³/mol. The molecule has 1 N–H and O–H groups in total. The molecular formula is C12H21N3. The first kappa shape index (κ1) is 10.7. The van der Waals surface area contributed by atoms with Crippen LogP contribution in [0.2, 0.25) is 0 Å². The van der Waals surface area contributed by atoms with Crippen molar-refractivity contribution in [3.05, 3.63) is 17.2 Å². The van der Waals surface area contributed by atoms with Crippen molar-refractivity contribution >= 4 is 0 Å². The lowest BCUT2D eigenvalue weighted by Gasteiger charge is -2.07. The van der Waals surface area contributed by atoms with Gasteiger partial charge in [-0.05, 0) is 46.1 Å². The molecule has 1 aliphatic rings. The highest BCUT2D eigenvalue weighted by atomic mass is 15.1. The predicted octanol–water partition coefficient (Wildman–Crippen LogP) is 2.02. The molecule has 1 aromatic heterocycles. The average molecular weight is 207 g/mol. The SMILES string of the molecule is CCn1c(CNCC2CC2)nc(C)c1C. The molecular weight excluding hydrogens is 186 g/mol. The summed E-state index contributed by atoms with van der Waals surface area (Å²) >= 11 is 0. The van der Waals surface area contributed by atoms with Crippen LogP contribution in [0.5, 0.6) is 0 Å². The van der Waals surface area contributed by atoms with E-state index in [9.17, 15) is 0 Å². The monoisotopic (exact) mass is 207 g/mol. The van der Waals surface area contributed by atoms with E-state index in [4.69, 9.17) is 0 Å².